The third-order valence-corrected chi connectivity index (χ3v) is 9.61. The number of unbranched alkanes of at least 4 members (excludes halogenated alkanes) is 1. The molecule has 0 bridgehead atoms. The maximum absolute atomic E-state index is 13.9. The molecule has 0 aliphatic carbocycles. The number of methoxy groups -OCH3 is 1. The zero-order valence-electron chi connectivity index (χ0n) is 31.9. The van der Waals surface area contributed by atoms with Crippen molar-refractivity contribution in [1.82, 2.24) is 39.6 Å². The zero-order valence-corrected chi connectivity index (χ0v) is 31.9. The van der Waals surface area contributed by atoms with Gasteiger partial charge in [0.25, 0.3) is 5.91 Å². The first kappa shape index (κ1) is 38.0. The lowest BCUT2D eigenvalue weighted by atomic mass is 9.97. The smallest absolute Gasteiger partial charge is 0.415 e. The van der Waals surface area contributed by atoms with Crippen molar-refractivity contribution in [3.05, 3.63) is 54.7 Å². The van der Waals surface area contributed by atoms with Crippen LogP contribution in [0.15, 0.2) is 49.1 Å². The van der Waals surface area contributed by atoms with E-state index in [9.17, 15) is 14.4 Å². The Hall–Kier alpha value is -6.28. The lowest BCUT2D eigenvalue weighted by Gasteiger charge is -2.32. The summed E-state index contributed by atoms with van der Waals surface area (Å²) in [4.78, 5) is 52.5. The van der Waals surface area contributed by atoms with Crippen molar-refractivity contribution in [2.45, 2.75) is 52.1 Å². The van der Waals surface area contributed by atoms with Crippen molar-refractivity contribution < 1.29 is 33.3 Å². The van der Waals surface area contributed by atoms with Gasteiger partial charge in [-0.2, -0.15) is 15.5 Å². The Morgan fingerprint density at radius 3 is 2.66 bits per heavy atom. The van der Waals surface area contributed by atoms with Crippen LogP contribution >= 0.6 is 0 Å². The second-order valence-corrected chi connectivity index (χ2v) is 14.6. The molecule has 0 unspecified atom stereocenters. The minimum Gasteiger partial charge on any atom is -0.494 e. The third-order valence-electron chi connectivity index (χ3n) is 9.61. The molecule has 0 saturated carbocycles. The van der Waals surface area contributed by atoms with E-state index >= 15 is 0 Å². The molecule has 7 rings (SSSR count). The van der Waals surface area contributed by atoms with Crippen molar-refractivity contribution in [2.75, 3.05) is 57.9 Å². The van der Waals surface area contributed by atoms with E-state index < -0.39 is 11.7 Å². The average molecular weight is 765 g/mol. The largest absolute Gasteiger partial charge is 0.494 e. The molecule has 1 fully saturated rings. The molecule has 1 N–H and O–H groups in total. The fraction of sp³-hybridized carbons (Fsp3) is 0.436. The molecule has 2 aliphatic heterocycles. The highest BCUT2D eigenvalue weighted by molar-refractivity contribution is 6.06. The average Bonchev–Trinajstić information content (AvgIpc) is 3.80. The van der Waals surface area contributed by atoms with E-state index in [0.29, 0.717) is 103 Å². The molecule has 292 valence electrons. The van der Waals surface area contributed by atoms with Crippen molar-refractivity contribution >= 4 is 40.2 Å². The number of rotatable bonds is 11. The van der Waals surface area contributed by atoms with Gasteiger partial charge < -0.3 is 29.2 Å². The number of nitrogens with one attached hydrogen (secondary N) is 1. The summed E-state index contributed by atoms with van der Waals surface area (Å²) in [5.41, 5.74) is 2.86. The number of amides is 2. The molecular weight excluding hydrogens is 720 g/mol. The number of fused-ring (bicyclic) bond motifs is 3. The first-order valence-electron chi connectivity index (χ1n) is 18.6. The molecule has 0 spiro atoms. The predicted molar refractivity (Wildman–Crippen MR) is 204 cm³/mol. The Morgan fingerprint density at radius 1 is 1.07 bits per heavy atom. The van der Waals surface area contributed by atoms with Crippen LogP contribution in [0.3, 0.4) is 0 Å². The van der Waals surface area contributed by atoms with Crippen LogP contribution in [0.2, 0.25) is 0 Å². The normalized spacial score (nSPS) is 14.9. The summed E-state index contributed by atoms with van der Waals surface area (Å²) in [6.45, 7) is 8.55. The quantitative estimate of drug-likeness (QED) is 0.146. The summed E-state index contributed by atoms with van der Waals surface area (Å²) < 4.78 is 26.2. The maximum Gasteiger partial charge on any atom is 0.415 e. The summed E-state index contributed by atoms with van der Waals surface area (Å²) in [6, 6.07) is 9.11. The highest BCUT2D eigenvalue weighted by atomic mass is 16.6. The third kappa shape index (κ3) is 8.05. The van der Waals surface area contributed by atoms with Gasteiger partial charge in [0, 0.05) is 50.2 Å². The number of esters is 1. The number of piperidine rings is 1. The Kier molecular flexibility index (Phi) is 11.0. The first-order valence-corrected chi connectivity index (χ1v) is 18.6. The molecule has 2 amide bonds. The predicted octanol–water partition coefficient (Wildman–Crippen LogP) is 4.56. The van der Waals surface area contributed by atoms with Gasteiger partial charge in [0.15, 0.2) is 11.3 Å². The van der Waals surface area contributed by atoms with E-state index in [0.717, 1.165) is 0 Å². The number of pyridine rings is 1. The fourth-order valence-electron chi connectivity index (χ4n) is 6.83. The van der Waals surface area contributed by atoms with Gasteiger partial charge in [-0.25, -0.2) is 19.0 Å². The van der Waals surface area contributed by atoms with Gasteiger partial charge in [0.1, 0.15) is 29.4 Å². The van der Waals surface area contributed by atoms with Gasteiger partial charge in [-0.3, -0.25) is 19.5 Å². The van der Waals surface area contributed by atoms with E-state index in [1.54, 1.807) is 52.2 Å². The molecule has 2 aliphatic rings. The Balaban J connectivity index is 1.16. The summed E-state index contributed by atoms with van der Waals surface area (Å²) in [6.07, 6.45) is 8.50. The number of nitriles is 1. The number of carbonyl (C=O) groups is 3. The van der Waals surface area contributed by atoms with Crippen LogP contribution < -0.4 is 19.7 Å². The van der Waals surface area contributed by atoms with Crippen LogP contribution in [0, 0.1) is 17.2 Å². The number of carbonyl (C=O) groups excluding carboxylic acids is 3. The number of hydrogen-bond acceptors (Lipinski definition) is 13. The van der Waals surface area contributed by atoms with Crippen molar-refractivity contribution in [3.63, 3.8) is 0 Å². The number of hydrogen-bond donors (Lipinski definition) is 1. The van der Waals surface area contributed by atoms with Gasteiger partial charge in [-0.05, 0) is 65.3 Å². The summed E-state index contributed by atoms with van der Waals surface area (Å²) in [5, 5.41) is 21.5. The molecule has 0 atom stereocenters. The molecule has 5 aromatic rings. The lowest BCUT2D eigenvalue weighted by Crippen LogP contribution is -2.41. The van der Waals surface area contributed by atoms with Crippen LogP contribution in [0.5, 0.6) is 11.5 Å². The number of likely N-dealkylation sites (tertiary alicyclic amines) is 1. The Labute approximate surface area is 323 Å². The van der Waals surface area contributed by atoms with Gasteiger partial charge >= 0.3 is 12.1 Å². The van der Waals surface area contributed by atoms with Gasteiger partial charge in [0.05, 0.1) is 66.3 Å². The summed E-state index contributed by atoms with van der Waals surface area (Å²) in [7, 11) is 1.52. The van der Waals surface area contributed by atoms with Gasteiger partial charge in [0.2, 0.25) is 0 Å². The topological polar surface area (TPSA) is 191 Å². The van der Waals surface area contributed by atoms with Crippen LogP contribution in [0.4, 0.5) is 10.5 Å². The molecule has 1 aromatic carbocycles. The van der Waals surface area contributed by atoms with Crippen LogP contribution in [-0.4, -0.2) is 111 Å². The van der Waals surface area contributed by atoms with Crippen LogP contribution in [0.25, 0.3) is 33.5 Å². The molecular formula is C39H44N10O7. The SMILES string of the molecule is COc1cc2c(cc1-n1nc(C(=O)NCCN3CCC(C(=O)OCCCC#N)CC3)c3cnc(-c4cnn5cccnc45)cc31)OCCN2C(=O)OC(C)(C)C. The number of benzene rings is 1. The van der Waals surface area contributed by atoms with E-state index in [2.05, 4.69) is 26.4 Å². The molecule has 1 saturated heterocycles. The first-order chi connectivity index (χ1) is 27.0. The molecule has 4 aromatic heterocycles. The lowest BCUT2D eigenvalue weighted by molar-refractivity contribution is -0.150. The highest BCUT2D eigenvalue weighted by Crippen LogP contribution is 2.41. The number of anilines is 1. The van der Waals surface area contributed by atoms with E-state index in [1.807, 2.05) is 26.8 Å². The molecule has 17 nitrogen and oxygen atoms in total. The van der Waals surface area contributed by atoms with Crippen molar-refractivity contribution in [2.24, 2.45) is 5.92 Å². The van der Waals surface area contributed by atoms with E-state index in [4.69, 9.17) is 34.3 Å². The maximum atomic E-state index is 13.9. The van der Waals surface area contributed by atoms with Crippen molar-refractivity contribution in [1.29, 1.82) is 5.26 Å². The van der Waals surface area contributed by atoms with Crippen LogP contribution in [0.1, 0.15) is 56.9 Å². The van der Waals surface area contributed by atoms with Gasteiger partial charge in [-0.1, -0.05) is 0 Å². The minimum absolute atomic E-state index is 0.158. The number of ether oxygens (including phenoxy) is 4. The van der Waals surface area contributed by atoms with Crippen LogP contribution in [-0.2, 0) is 14.3 Å². The minimum atomic E-state index is -0.695. The second kappa shape index (κ2) is 16.2. The number of aromatic nitrogens is 6. The zero-order chi connectivity index (χ0) is 39.4. The number of nitrogens with zero attached hydrogens (tertiary/aromatic N) is 9. The molecule has 0 radical (unpaired) electrons. The van der Waals surface area contributed by atoms with E-state index in [-0.39, 0.29) is 43.2 Å². The fourth-order valence-corrected chi connectivity index (χ4v) is 6.83. The van der Waals surface area contributed by atoms with Crippen molar-refractivity contribution in [3.8, 4) is 34.5 Å². The molecule has 56 heavy (non-hydrogen) atoms. The standard InChI is InChI=1S/C39H44N10O7/c1-39(2,3)56-38(52)47-17-19-54-33-22-31(32(53-4)21-30(33)47)49-29-20-28(26-24-44-48-13-7-11-41-35(26)48)43-23-27(29)34(45-49)36(50)42-12-16-46-14-8-25(9-15-46)37(51)55-18-6-5-10-40/h7,11,13,20-25H,5-6,8-9,12,14-19H2,1-4H3,(H,42,50). The summed E-state index contributed by atoms with van der Waals surface area (Å²) >= 11 is 0. The Bertz CT molecular complexity index is 2300. The van der Waals surface area contributed by atoms with E-state index in [1.165, 1.54) is 12.0 Å². The second-order valence-electron chi connectivity index (χ2n) is 14.6. The van der Waals surface area contributed by atoms with Gasteiger partial charge in [-0.15, -0.1) is 0 Å². The molecule has 17 heteroatoms. The highest BCUT2D eigenvalue weighted by Gasteiger charge is 2.31. The molecule has 6 heterocycles. The Morgan fingerprint density at radius 2 is 1.89 bits per heavy atom. The summed E-state index contributed by atoms with van der Waals surface area (Å²) in [5.74, 6) is 0.0318. The monoisotopic (exact) mass is 764 g/mol.